The van der Waals surface area contributed by atoms with Crippen molar-refractivity contribution in [3.8, 4) is 11.3 Å². The minimum absolute atomic E-state index is 0.227. The first kappa shape index (κ1) is 32.4. The largest absolute Gasteiger partial charge is 0.324 e. The molecule has 2 heterocycles. The summed E-state index contributed by atoms with van der Waals surface area (Å²) in [6.07, 6.45) is 1.77. The maximum Gasteiger partial charge on any atom is 0.255 e. The first-order valence-corrected chi connectivity index (χ1v) is 16.2. The number of aromatic nitrogens is 3. The minimum Gasteiger partial charge on any atom is -0.324 e. The zero-order chi connectivity index (χ0) is 34.8. The van der Waals surface area contributed by atoms with Gasteiger partial charge in [-0.25, -0.2) is 9.07 Å². The number of amides is 3. The smallest absolute Gasteiger partial charge is 0.255 e. The van der Waals surface area contributed by atoms with E-state index in [1.165, 1.54) is 11.0 Å². The van der Waals surface area contributed by atoms with Crippen molar-refractivity contribution in [2.45, 2.75) is 19.5 Å². The Kier molecular flexibility index (Phi) is 8.93. The number of hydrogen-bond donors (Lipinski definition) is 2. The average Bonchev–Trinajstić information content (AvgIpc) is 3.52. The lowest BCUT2D eigenvalue weighted by Gasteiger charge is -2.31. The molecular weight excluding hydrogens is 655 g/mol. The topological polar surface area (TPSA) is 109 Å². The van der Waals surface area contributed by atoms with E-state index in [0.717, 1.165) is 16.7 Å². The fourth-order valence-corrected chi connectivity index (χ4v) is 6.29. The summed E-state index contributed by atoms with van der Waals surface area (Å²) in [6, 6.07) is 32.0. The number of anilines is 2. The number of hydrogen-bond acceptors (Lipinski definition) is 5. The van der Waals surface area contributed by atoms with Gasteiger partial charge in [0.15, 0.2) is 0 Å². The molecule has 0 bridgehead atoms. The first-order chi connectivity index (χ1) is 24.2. The Balaban J connectivity index is 1.15. The van der Waals surface area contributed by atoms with Gasteiger partial charge in [0, 0.05) is 44.2 Å². The second kappa shape index (κ2) is 13.8. The number of fused-ring (bicyclic) bond motifs is 1. The summed E-state index contributed by atoms with van der Waals surface area (Å²) in [4.78, 5) is 41.7. The van der Waals surface area contributed by atoms with E-state index in [9.17, 15) is 14.4 Å². The van der Waals surface area contributed by atoms with Crippen LogP contribution in [0.3, 0.4) is 0 Å². The molecule has 1 aromatic heterocycles. The quantitative estimate of drug-likeness (QED) is 0.181. The second-order valence-electron chi connectivity index (χ2n) is 12.0. The number of para-hydroxylation sites is 1. The fourth-order valence-electron chi connectivity index (χ4n) is 6.11. The van der Waals surface area contributed by atoms with E-state index in [0.29, 0.717) is 38.8 Å². The number of nitrogens with zero attached hydrogens (tertiary/aromatic N) is 4. The third-order valence-corrected chi connectivity index (χ3v) is 8.77. The summed E-state index contributed by atoms with van der Waals surface area (Å²) >= 11 is 6.36. The molecule has 248 valence electrons. The van der Waals surface area contributed by atoms with E-state index >= 15 is 4.39 Å². The Morgan fingerprint density at radius 3 is 2.54 bits per heavy atom. The van der Waals surface area contributed by atoms with Gasteiger partial charge in [-0.3, -0.25) is 14.4 Å². The van der Waals surface area contributed by atoms with Crippen molar-refractivity contribution in [3.63, 3.8) is 0 Å². The Labute approximate surface area is 292 Å². The van der Waals surface area contributed by atoms with E-state index < -0.39 is 23.7 Å². The molecule has 0 saturated heterocycles. The molecule has 0 radical (unpaired) electrons. The van der Waals surface area contributed by atoms with Crippen LogP contribution in [0.1, 0.15) is 49.0 Å². The lowest BCUT2D eigenvalue weighted by atomic mass is 9.94. The molecule has 7 rings (SSSR count). The predicted octanol–water partition coefficient (Wildman–Crippen LogP) is 7.53. The van der Waals surface area contributed by atoms with Crippen molar-refractivity contribution in [1.29, 1.82) is 0 Å². The van der Waals surface area contributed by atoms with Gasteiger partial charge in [-0.1, -0.05) is 77.5 Å². The van der Waals surface area contributed by atoms with Crippen molar-refractivity contribution < 1.29 is 18.8 Å². The van der Waals surface area contributed by atoms with Gasteiger partial charge in [0.25, 0.3) is 11.8 Å². The minimum atomic E-state index is -0.924. The predicted molar refractivity (Wildman–Crippen MR) is 189 cm³/mol. The normalized spacial score (nSPS) is 14.0. The zero-order valence-electron chi connectivity index (χ0n) is 26.8. The third-order valence-electron chi connectivity index (χ3n) is 8.54. The monoisotopic (exact) mass is 684 g/mol. The molecule has 1 aliphatic rings. The molecule has 9 nitrogen and oxygen atoms in total. The SMILES string of the molecule is Cc1ccc(-c2cn(Cc3cccc(C(=O)N4CC(=O)Nc5ccc(Cl)cc5C4c4ccccc4F)c3)nn2)cc1C(=O)Nc1ccccc1. The third kappa shape index (κ3) is 6.74. The Hall–Kier alpha value is -6.13. The van der Waals surface area contributed by atoms with Crippen LogP contribution in [0, 0.1) is 12.7 Å². The van der Waals surface area contributed by atoms with E-state index in [4.69, 9.17) is 11.6 Å². The van der Waals surface area contributed by atoms with Crippen LogP contribution in [0.25, 0.3) is 11.3 Å². The van der Waals surface area contributed by atoms with E-state index in [-0.39, 0.29) is 24.6 Å². The van der Waals surface area contributed by atoms with Crippen LogP contribution >= 0.6 is 11.6 Å². The van der Waals surface area contributed by atoms with Crippen molar-refractivity contribution in [1.82, 2.24) is 19.9 Å². The van der Waals surface area contributed by atoms with Crippen LogP contribution in [0.5, 0.6) is 0 Å². The molecule has 6 aromatic rings. The van der Waals surface area contributed by atoms with Gasteiger partial charge in [0.2, 0.25) is 5.91 Å². The highest BCUT2D eigenvalue weighted by Gasteiger charge is 2.35. The first-order valence-electron chi connectivity index (χ1n) is 15.8. The number of benzene rings is 5. The van der Waals surface area contributed by atoms with Crippen LogP contribution in [-0.2, 0) is 11.3 Å². The molecule has 0 aliphatic carbocycles. The number of carbonyl (C=O) groups excluding carboxylic acids is 3. The number of halogens is 2. The molecule has 3 amide bonds. The lowest BCUT2D eigenvalue weighted by molar-refractivity contribution is -0.117. The maximum absolute atomic E-state index is 15.3. The molecule has 0 spiro atoms. The van der Waals surface area contributed by atoms with Gasteiger partial charge in [0.1, 0.15) is 18.1 Å². The number of rotatable bonds is 7. The van der Waals surface area contributed by atoms with Crippen LogP contribution in [0.2, 0.25) is 5.02 Å². The van der Waals surface area contributed by atoms with Gasteiger partial charge in [0.05, 0.1) is 18.8 Å². The highest BCUT2D eigenvalue weighted by Crippen LogP contribution is 2.39. The Morgan fingerprint density at radius 1 is 0.920 bits per heavy atom. The summed E-state index contributed by atoms with van der Waals surface area (Å²) in [6.45, 7) is 1.86. The zero-order valence-corrected chi connectivity index (χ0v) is 27.6. The van der Waals surface area contributed by atoms with E-state index in [1.54, 1.807) is 71.5 Å². The van der Waals surface area contributed by atoms with Crippen LogP contribution < -0.4 is 10.6 Å². The van der Waals surface area contributed by atoms with Gasteiger partial charge in [-0.15, -0.1) is 5.10 Å². The molecule has 1 aliphatic heterocycles. The van der Waals surface area contributed by atoms with E-state index in [1.807, 2.05) is 55.5 Å². The molecule has 0 fully saturated rings. The summed E-state index contributed by atoms with van der Waals surface area (Å²) in [7, 11) is 0. The summed E-state index contributed by atoms with van der Waals surface area (Å²) in [5, 5.41) is 14.8. The number of nitrogens with one attached hydrogen (secondary N) is 2. The van der Waals surface area contributed by atoms with Crippen molar-refractivity contribution in [3.05, 3.63) is 166 Å². The fraction of sp³-hybridized carbons (Fsp3) is 0.103. The Bertz CT molecular complexity index is 2260. The van der Waals surface area contributed by atoms with Crippen molar-refractivity contribution in [2.24, 2.45) is 0 Å². The van der Waals surface area contributed by atoms with Crippen molar-refractivity contribution in [2.75, 3.05) is 17.2 Å². The van der Waals surface area contributed by atoms with Gasteiger partial charge in [-0.05, 0) is 72.6 Å². The number of carbonyl (C=O) groups is 3. The van der Waals surface area contributed by atoms with Gasteiger partial charge < -0.3 is 15.5 Å². The molecule has 2 N–H and O–H groups in total. The maximum atomic E-state index is 15.3. The Morgan fingerprint density at radius 2 is 1.72 bits per heavy atom. The molecule has 0 saturated carbocycles. The highest BCUT2D eigenvalue weighted by atomic mass is 35.5. The van der Waals surface area contributed by atoms with Crippen LogP contribution in [0.15, 0.2) is 121 Å². The summed E-state index contributed by atoms with van der Waals surface area (Å²) < 4.78 is 17.0. The number of aryl methyl sites for hydroxylation is 1. The van der Waals surface area contributed by atoms with E-state index in [2.05, 4.69) is 20.9 Å². The summed E-state index contributed by atoms with van der Waals surface area (Å²) in [5.41, 5.74) is 5.61. The molecule has 11 heteroatoms. The van der Waals surface area contributed by atoms with Crippen molar-refractivity contribution >= 4 is 40.7 Å². The second-order valence-corrected chi connectivity index (χ2v) is 12.4. The standard InChI is InChI=1S/C39H30ClFN6O3/c1-24-14-15-26(19-31(24)38(49)42-29-10-3-2-4-11-29)35-22-46(45-44-35)21-25-8-7-9-27(18-25)39(50)47-23-36(48)43-34-17-16-28(40)20-32(34)37(47)30-12-5-6-13-33(30)41/h2-20,22,37H,21,23H2,1H3,(H,42,49)(H,43,48). The molecule has 50 heavy (non-hydrogen) atoms. The molecule has 5 aromatic carbocycles. The highest BCUT2D eigenvalue weighted by molar-refractivity contribution is 6.30. The molecular formula is C39H30ClFN6O3. The van der Waals surface area contributed by atoms with Gasteiger partial charge in [-0.2, -0.15) is 0 Å². The van der Waals surface area contributed by atoms with Gasteiger partial charge >= 0.3 is 0 Å². The van der Waals surface area contributed by atoms with Crippen LogP contribution in [-0.4, -0.2) is 44.2 Å². The average molecular weight is 685 g/mol. The molecule has 1 unspecified atom stereocenters. The summed E-state index contributed by atoms with van der Waals surface area (Å²) in [5.74, 6) is -1.61. The molecule has 1 atom stereocenters. The lowest BCUT2D eigenvalue weighted by Crippen LogP contribution is -2.39. The van der Waals surface area contributed by atoms with Crippen LogP contribution in [0.4, 0.5) is 15.8 Å².